The highest BCUT2D eigenvalue weighted by molar-refractivity contribution is 7.14. The molecule has 1 amide bonds. The molecular weight excluding hydrogens is 332 g/mol. The summed E-state index contributed by atoms with van der Waals surface area (Å²) in [6.45, 7) is 2.58. The number of hydrogen-bond acceptors (Lipinski definition) is 4. The number of benzene rings is 2. The Bertz CT molecular complexity index is 855. The van der Waals surface area contributed by atoms with Crippen LogP contribution >= 0.6 is 11.3 Å². The number of hydrogen-bond donors (Lipinski definition) is 1. The third-order valence-corrected chi connectivity index (χ3v) is 4.18. The van der Waals surface area contributed by atoms with Crippen molar-refractivity contribution in [2.45, 2.75) is 6.92 Å². The lowest BCUT2D eigenvalue weighted by Crippen LogP contribution is -2.07. The molecule has 3 rings (SSSR count). The minimum atomic E-state index is -0.206. The maximum Gasteiger partial charge on any atom is 0.250 e. The third-order valence-electron chi connectivity index (χ3n) is 3.42. The maximum atomic E-state index is 12.0. The third kappa shape index (κ3) is 4.78. The van der Waals surface area contributed by atoms with Crippen molar-refractivity contribution in [1.29, 1.82) is 0 Å². The zero-order valence-corrected chi connectivity index (χ0v) is 14.6. The molecule has 4 nitrogen and oxygen atoms in total. The normalized spacial score (nSPS) is 10.8. The van der Waals surface area contributed by atoms with Gasteiger partial charge in [0.05, 0.1) is 12.3 Å². The Labute approximate surface area is 150 Å². The Morgan fingerprint density at radius 1 is 1.16 bits per heavy atom. The first kappa shape index (κ1) is 16.9. The molecule has 5 heteroatoms. The number of nitrogens with zero attached hydrogens (tertiary/aromatic N) is 1. The number of carbonyl (C=O) groups is 1. The Morgan fingerprint density at radius 2 is 1.92 bits per heavy atom. The first-order valence-electron chi connectivity index (χ1n) is 7.97. The average molecular weight is 350 g/mol. The van der Waals surface area contributed by atoms with Crippen LogP contribution < -0.4 is 10.1 Å². The van der Waals surface area contributed by atoms with Gasteiger partial charge in [0.15, 0.2) is 5.13 Å². The largest absolute Gasteiger partial charge is 0.494 e. The van der Waals surface area contributed by atoms with E-state index in [1.807, 2.05) is 66.9 Å². The standard InChI is InChI=1S/C20H18N2O2S/c1-2-24-17-11-8-15(9-12-17)10-13-19(23)22-20-21-18(14-25-20)16-6-4-3-5-7-16/h3-14H,2H2,1H3,(H,21,22,23)/b13-10+. The summed E-state index contributed by atoms with van der Waals surface area (Å²) >= 11 is 1.41. The Balaban J connectivity index is 1.60. The molecule has 0 spiro atoms. The predicted molar refractivity (Wildman–Crippen MR) is 103 cm³/mol. The van der Waals surface area contributed by atoms with Gasteiger partial charge in [-0.25, -0.2) is 4.98 Å². The van der Waals surface area contributed by atoms with E-state index in [0.717, 1.165) is 22.6 Å². The molecule has 1 N–H and O–H groups in total. The first-order chi connectivity index (χ1) is 12.2. The number of carbonyl (C=O) groups excluding carboxylic acids is 1. The predicted octanol–water partition coefficient (Wildman–Crippen LogP) is 4.86. The van der Waals surface area contributed by atoms with Crippen molar-refractivity contribution in [3.63, 3.8) is 0 Å². The van der Waals surface area contributed by atoms with Crippen LogP contribution in [0.1, 0.15) is 12.5 Å². The van der Waals surface area contributed by atoms with Crippen LogP contribution in [-0.4, -0.2) is 17.5 Å². The van der Waals surface area contributed by atoms with E-state index in [0.29, 0.717) is 11.7 Å². The van der Waals surface area contributed by atoms with Crippen molar-refractivity contribution >= 4 is 28.5 Å². The van der Waals surface area contributed by atoms with Gasteiger partial charge in [-0.05, 0) is 30.7 Å². The summed E-state index contributed by atoms with van der Waals surface area (Å²) in [7, 11) is 0. The van der Waals surface area contributed by atoms with Gasteiger partial charge in [-0.3, -0.25) is 10.1 Å². The van der Waals surface area contributed by atoms with E-state index in [9.17, 15) is 4.79 Å². The molecule has 1 heterocycles. The topological polar surface area (TPSA) is 51.2 Å². The van der Waals surface area contributed by atoms with Crippen LogP contribution in [0, 0.1) is 0 Å². The number of rotatable bonds is 6. The van der Waals surface area contributed by atoms with Crippen molar-refractivity contribution in [2.24, 2.45) is 0 Å². The van der Waals surface area contributed by atoms with Gasteiger partial charge in [0.1, 0.15) is 5.75 Å². The molecule has 3 aromatic rings. The number of amides is 1. The van der Waals surface area contributed by atoms with Crippen molar-refractivity contribution < 1.29 is 9.53 Å². The molecular formula is C20H18N2O2S. The highest BCUT2D eigenvalue weighted by Gasteiger charge is 2.06. The van der Waals surface area contributed by atoms with Crippen LogP contribution in [0.4, 0.5) is 5.13 Å². The van der Waals surface area contributed by atoms with Gasteiger partial charge in [0.25, 0.3) is 0 Å². The fourth-order valence-electron chi connectivity index (χ4n) is 2.23. The summed E-state index contributed by atoms with van der Waals surface area (Å²) in [4.78, 5) is 16.5. The SMILES string of the molecule is CCOc1ccc(/C=C/C(=O)Nc2nc(-c3ccccc3)cs2)cc1. The monoisotopic (exact) mass is 350 g/mol. The zero-order valence-electron chi connectivity index (χ0n) is 13.8. The van der Waals surface area contributed by atoms with E-state index in [-0.39, 0.29) is 5.91 Å². The molecule has 0 unspecified atom stereocenters. The molecule has 0 saturated carbocycles. The molecule has 2 aromatic carbocycles. The van der Waals surface area contributed by atoms with Crippen molar-refractivity contribution in [3.8, 4) is 17.0 Å². The quantitative estimate of drug-likeness (QED) is 0.646. The highest BCUT2D eigenvalue weighted by Crippen LogP contribution is 2.24. The molecule has 25 heavy (non-hydrogen) atoms. The summed E-state index contributed by atoms with van der Waals surface area (Å²) in [5, 5.41) is 5.31. The van der Waals surface area contributed by atoms with Crippen LogP contribution in [0.2, 0.25) is 0 Å². The van der Waals surface area contributed by atoms with E-state index in [1.54, 1.807) is 6.08 Å². The zero-order chi connectivity index (χ0) is 17.5. The summed E-state index contributed by atoms with van der Waals surface area (Å²) in [5.74, 6) is 0.614. The van der Waals surface area contributed by atoms with Gasteiger partial charge in [-0.1, -0.05) is 42.5 Å². The minimum absolute atomic E-state index is 0.206. The molecule has 0 atom stereocenters. The van der Waals surface area contributed by atoms with Gasteiger partial charge in [-0.15, -0.1) is 11.3 Å². The van der Waals surface area contributed by atoms with Gasteiger partial charge in [0, 0.05) is 17.0 Å². The molecule has 0 radical (unpaired) electrons. The van der Waals surface area contributed by atoms with Crippen LogP contribution in [-0.2, 0) is 4.79 Å². The fraction of sp³-hybridized carbons (Fsp3) is 0.100. The van der Waals surface area contributed by atoms with Gasteiger partial charge in [0.2, 0.25) is 5.91 Å². The second kappa shape index (κ2) is 8.26. The molecule has 0 aliphatic carbocycles. The maximum absolute atomic E-state index is 12.0. The molecule has 0 aliphatic rings. The molecule has 0 saturated heterocycles. The number of aromatic nitrogens is 1. The van der Waals surface area contributed by atoms with Crippen LogP contribution in [0.25, 0.3) is 17.3 Å². The fourth-order valence-corrected chi connectivity index (χ4v) is 2.96. The van der Waals surface area contributed by atoms with Crippen molar-refractivity contribution in [2.75, 3.05) is 11.9 Å². The number of nitrogens with one attached hydrogen (secondary N) is 1. The molecule has 126 valence electrons. The van der Waals surface area contributed by atoms with Gasteiger partial charge in [-0.2, -0.15) is 0 Å². The van der Waals surface area contributed by atoms with Crippen molar-refractivity contribution in [1.82, 2.24) is 4.98 Å². The Hall–Kier alpha value is -2.92. The van der Waals surface area contributed by atoms with Crippen LogP contribution in [0.5, 0.6) is 5.75 Å². The average Bonchev–Trinajstić information content (AvgIpc) is 3.11. The molecule has 0 bridgehead atoms. The number of ether oxygens (including phenoxy) is 1. The number of anilines is 1. The smallest absolute Gasteiger partial charge is 0.250 e. The van der Waals surface area contributed by atoms with Crippen LogP contribution in [0.15, 0.2) is 66.1 Å². The van der Waals surface area contributed by atoms with Gasteiger partial charge < -0.3 is 4.74 Å². The lowest BCUT2D eigenvalue weighted by molar-refractivity contribution is -0.111. The summed E-state index contributed by atoms with van der Waals surface area (Å²) < 4.78 is 5.39. The highest BCUT2D eigenvalue weighted by atomic mass is 32.1. The summed E-state index contributed by atoms with van der Waals surface area (Å²) in [6.07, 6.45) is 3.26. The molecule has 0 aliphatic heterocycles. The lowest BCUT2D eigenvalue weighted by Gasteiger charge is -2.02. The van der Waals surface area contributed by atoms with Gasteiger partial charge >= 0.3 is 0 Å². The minimum Gasteiger partial charge on any atom is -0.494 e. The van der Waals surface area contributed by atoms with Crippen molar-refractivity contribution in [3.05, 3.63) is 71.6 Å². The second-order valence-electron chi connectivity index (χ2n) is 5.23. The first-order valence-corrected chi connectivity index (χ1v) is 8.85. The van der Waals surface area contributed by atoms with Crippen LogP contribution in [0.3, 0.4) is 0 Å². The Kier molecular flexibility index (Phi) is 5.59. The molecule has 1 aromatic heterocycles. The molecule has 0 fully saturated rings. The summed E-state index contributed by atoms with van der Waals surface area (Å²) in [5.41, 5.74) is 2.82. The lowest BCUT2D eigenvalue weighted by atomic mass is 10.2. The van der Waals surface area contributed by atoms with E-state index >= 15 is 0 Å². The number of thiazole rings is 1. The van der Waals surface area contributed by atoms with E-state index < -0.39 is 0 Å². The second-order valence-corrected chi connectivity index (χ2v) is 6.09. The summed E-state index contributed by atoms with van der Waals surface area (Å²) in [6, 6.07) is 17.5. The van der Waals surface area contributed by atoms with E-state index in [4.69, 9.17) is 4.74 Å². The Morgan fingerprint density at radius 3 is 2.64 bits per heavy atom. The van der Waals surface area contributed by atoms with E-state index in [1.165, 1.54) is 17.4 Å². The van der Waals surface area contributed by atoms with E-state index in [2.05, 4.69) is 10.3 Å².